The molecular weight excluding hydrogens is 312 g/mol. The van der Waals surface area contributed by atoms with Crippen molar-refractivity contribution in [2.45, 2.75) is 0 Å². The maximum absolute atomic E-state index is 12.1. The number of rotatable bonds is 2. The van der Waals surface area contributed by atoms with Crippen LogP contribution in [0.15, 0.2) is 24.3 Å². The summed E-state index contributed by atoms with van der Waals surface area (Å²) in [6.45, 7) is 4.66. The molecule has 0 bridgehead atoms. The molecule has 0 aromatic heterocycles. The Morgan fingerprint density at radius 1 is 0.708 bits per heavy atom. The maximum Gasteiger partial charge on any atom is 0.321 e. The summed E-state index contributed by atoms with van der Waals surface area (Å²) in [4.78, 5) is 27.7. The molecule has 2 aliphatic heterocycles. The van der Waals surface area contributed by atoms with Crippen LogP contribution in [-0.4, -0.2) is 74.5 Å². The van der Waals surface area contributed by atoms with Crippen molar-refractivity contribution in [3.63, 3.8) is 0 Å². The Morgan fingerprint density at radius 3 is 1.38 bits per heavy atom. The summed E-state index contributed by atoms with van der Waals surface area (Å²) in [7, 11) is 0. The molecule has 4 amide bonds. The average molecular weight is 334 g/mol. The zero-order valence-corrected chi connectivity index (χ0v) is 13.5. The highest BCUT2D eigenvalue weighted by Crippen LogP contribution is 2.15. The van der Waals surface area contributed by atoms with Crippen molar-refractivity contribution >= 4 is 23.4 Å². The molecule has 8 nitrogen and oxygen atoms in total. The number of hydrogen-bond donors (Lipinski definition) is 2. The number of carbonyl (C=O) groups excluding carboxylic acids is 2. The first kappa shape index (κ1) is 16.5. The SMILES string of the molecule is O=C(Nc1ccc(NC(=O)N2CCOCC2)cc1)N1CCOCC1. The second kappa shape index (κ2) is 7.98. The molecule has 0 aliphatic carbocycles. The Labute approximate surface area is 140 Å². The number of ether oxygens (including phenoxy) is 2. The first-order valence-electron chi connectivity index (χ1n) is 8.10. The zero-order valence-electron chi connectivity index (χ0n) is 13.5. The van der Waals surface area contributed by atoms with E-state index >= 15 is 0 Å². The van der Waals surface area contributed by atoms with Gasteiger partial charge in [0.2, 0.25) is 0 Å². The minimum Gasteiger partial charge on any atom is -0.378 e. The minimum absolute atomic E-state index is 0.136. The lowest BCUT2D eigenvalue weighted by Crippen LogP contribution is -2.43. The van der Waals surface area contributed by atoms with Gasteiger partial charge in [0.25, 0.3) is 0 Å². The lowest BCUT2D eigenvalue weighted by Gasteiger charge is -2.27. The fraction of sp³-hybridized carbons (Fsp3) is 0.500. The Bertz CT molecular complexity index is 515. The summed E-state index contributed by atoms with van der Waals surface area (Å²) < 4.78 is 10.5. The molecule has 0 radical (unpaired) electrons. The average Bonchev–Trinajstić information content (AvgIpc) is 2.65. The van der Waals surface area contributed by atoms with E-state index < -0.39 is 0 Å². The van der Waals surface area contributed by atoms with E-state index in [4.69, 9.17) is 9.47 Å². The highest BCUT2D eigenvalue weighted by molar-refractivity contribution is 5.91. The number of benzene rings is 1. The largest absolute Gasteiger partial charge is 0.378 e. The number of nitrogens with zero attached hydrogens (tertiary/aromatic N) is 2. The molecule has 3 rings (SSSR count). The van der Waals surface area contributed by atoms with Gasteiger partial charge in [0.05, 0.1) is 26.4 Å². The number of anilines is 2. The first-order valence-corrected chi connectivity index (χ1v) is 8.10. The van der Waals surface area contributed by atoms with E-state index in [1.807, 2.05) is 0 Å². The topological polar surface area (TPSA) is 83.1 Å². The molecule has 0 unspecified atom stereocenters. The summed E-state index contributed by atoms with van der Waals surface area (Å²) in [5.41, 5.74) is 1.38. The standard InChI is InChI=1S/C16H22N4O4/c21-15(19-5-9-23-10-6-19)17-13-1-2-14(4-3-13)18-16(22)20-7-11-24-12-8-20/h1-4H,5-12H2,(H,17,21)(H,18,22). The van der Waals surface area contributed by atoms with Gasteiger partial charge in [-0.15, -0.1) is 0 Å². The first-order chi connectivity index (χ1) is 11.7. The predicted molar refractivity (Wildman–Crippen MR) is 89.3 cm³/mol. The zero-order chi connectivity index (χ0) is 16.8. The van der Waals surface area contributed by atoms with Gasteiger partial charge in [-0.2, -0.15) is 0 Å². The molecule has 0 spiro atoms. The molecule has 0 saturated carbocycles. The van der Waals surface area contributed by atoms with Crippen LogP contribution in [0.4, 0.5) is 21.0 Å². The number of carbonyl (C=O) groups is 2. The molecule has 2 fully saturated rings. The van der Waals surface area contributed by atoms with E-state index in [1.54, 1.807) is 34.1 Å². The van der Waals surface area contributed by atoms with Gasteiger partial charge in [0, 0.05) is 37.6 Å². The summed E-state index contributed by atoms with van der Waals surface area (Å²) >= 11 is 0. The molecule has 1 aromatic rings. The molecule has 2 aliphatic rings. The minimum atomic E-state index is -0.136. The summed E-state index contributed by atoms with van der Waals surface area (Å²) in [5, 5.41) is 5.69. The Balaban J connectivity index is 1.51. The normalized spacial score (nSPS) is 18.2. The van der Waals surface area contributed by atoms with Crippen molar-refractivity contribution in [2.75, 3.05) is 63.2 Å². The van der Waals surface area contributed by atoms with Crippen LogP contribution in [-0.2, 0) is 9.47 Å². The molecule has 2 heterocycles. The van der Waals surface area contributed by atoms with Gasteiger partial charge in [0.1, 0.15) is 0 Å². The lowest BCUT2D eigenvalue weighted by molar-refractivity contribution is 0.0564. The molecule has 130 valence electrons. The van der Waals surface area contributed by atoms with Crippen molar-refractivity contribution in [3.05, 3.63) is 24.3 Å². The van der Waals surface area contributed by atoms with E-state index in [1.165, 1.54) is 0 Å². The van der Waals surface area contributed by atoms with Crippen molar-refractivity contribution in [1.29, 1.82) is 0 Å². The molecule has 0 atom stereocenters. The van der Waals surface area contributed by atoms with E-state index in [0.29, 0.717) is 64.0 Å². The highest BCUT2D eigenvalue weighted by atomic mass is 16.5. The van der Waals surface area contributed by atoms with E-state index in [-0.39, 0.29) is 12.1 Å². The van der Waals surface area contributed by atoms with Crippen LogP contribution < -0.4 is 10.6 Å². The van der Waals surface area contributed by atoms with Gasteiger partial charge in [0.15, 0.2) is 0 Å². The van der Waals surface area contributed by atoms with Crippen LogP contribution in [0.3, 0.4) is 0 Å². The van der Waals surface area contributed by atoms with Crippen LogP contribution in [0, 0.1) is 0 Å². The predicted octanol–water partition coefficient (Wildman–Crippen LogP) is 1.41. The van der Waals surface area contributed by atoms with Gasteiger partial charge in [-0.25, -0.2) is 9.59 Å². The van der Waals surface area contributed by atoms with Gasteiger partial charge >= 0.3 is 12.1 Å². The van der Waals surface area contributed by atoms with Gasteiger partial charge < -0.3 is 29.9 Å². The van der Waals surface area contributed by atoms with E-state index in [0.717, 1.165) is 0 Å². The molecule has 24 heavy (non-hydrogen) atoms. The number of amides is 4. The van der Waals surface area contributed by atoms with Crippen molar-refractivity contribution < 1.29 is 19.1 Å². The van der Waals surface area contributed by atoms with Gasteiger partial charge in [-0.3, -0.25) is 0 Å². The summed E-state index contributed by atoms with van der Waals surface area (Å²) in [6.07, 6.45) is 0. The molecule has 2 N–H and O–H groups in total. The van der Waals surface area contributed by atoms with Gasteiger partial charge in [-0.1, -0.05) is 0 Å². The lowest BCUT2D eigenvalue weighted by atomic mass is 10.3. The molecule has 2 saturated heterocycles. The number of hydrogen-bond acceptors (Lipinski definition) is 4. The summed E-state index contributed by atoms with van der Waals surface area (Å²) in [6, 6.07) is 6.81. The van der Waals surface area contributed by atoms with Crippen LogP contribution in [0.1, 0.15) is 0 Å². The van der Waals surface area contributed by atoms with E-state index in [9.17, 15) is 9.59 Å². The van der Waals surface area contributed by atoms with Crippen LogP contribution in [0.2, 0.25) is 0 Å². The fourth-order valence-electron chi connectivity index (χ4n) is 2.57. The molecule has 1 aromatic carbocycles. The Morgan fingerprint density at radius 2 is 1.04 bits per heavy atom. The smallest absolute Gasteiger partial charge is 0.321 e. The van der Waals surface area contributed by atoms with Crippen LogP contribution in [0.25, 0.3) is 0 Å². The van der Waals surface area contributed by atoms with Gasteiger partial charge in [-0.05, 0) is 24.3 Å². The van der Waals surface area contributed by atoms with E-state index in [2.05, 4.69) is 10.6 Å². The Hall–Kier alpha value is -2.32. The van der Waals surface area contributed by atoms with Crippen molar-refractivity contribution in [3.8, 4) is 0 Å². The fourth-order valence-corrected chi connectivity index (χ4v) is 2.57. The second-order valence-electron chi connectivity index (χ2n) is 5.64. The molecular formula is C16H22N4O4. The second-order valence-corrected chi connectivity index (χ2v) is 5.64. The van der Waals surface area contributed by atoms with Crippen molar-refractivity contribution in [1.82, 2.24) is 9.80 Å². The maximum atomic E-state index is 12.1. The third kappa shape index (κ3) is 4.36. The van der Waals surface area contributed by atoms with Crippen molar-refractivity contribution in [2.24, 2.45) is 0 Å². The number of morpholine rings is 2. The van der Waals surface area contributed by atoms with Crippen LogP contribution in [0.5, 0.6) is 0 Å². The monoisotopic (exact) mass is 334 g/mol. The third-order valence-corrected chi connectivity index (χ3v) is 3.98. The molecule has 8 heteroatoms. The Kier molecular flexibility index (Phi) is 5.50. The third-order valence-electron chi connectivity index (χ3n) is 3.98. The highest BCUT2D eigenvalue weighted by Gasteiger charge is 2.18. The number of nitrogens with one attached hydrogen (secondary N) is 2. The number of urea groups is 2. The quantitative estimate of drug-likeness (QED) is 0.857. The van der Waals surface area contributed by atoms with Crippen LogP contribution >= 0.6 is 0 Å². The summed E-state index contributed by atoms with van der Waals surface area (Å²) in [5.74, 6) is 0.